The minimum absolute atomic E-state index is 0.460. The van der Waals surface area contributed by atoms with Crippen molar-refractivity contribution in [2.24, 2.45) is 0 Å². The van der Waals surface area contributed by atoms with Crippen molar-refractivity contribution in [3.05, 3.63) is 101 Å². The Bertz CT molecular complexity index is 1130. The van der Waals surface area contributed by atoms with Crippen LogP contribution < -0.4 is 0 Å². The highest BCUT2D eigenvalue weighted by atomic mass is 35.5. The van der Waals surface area contributed by atoms with Crippen molar-refractivity contribution in [2.75, 3.05) is 0 Å². The van der Waals surface area contributed by atoms with Crippen LogP contribution in [0.3, 0.4) is 0 Å². The molecule has 0 radical (unpaired) electrons. The van der Waals surface area contributed by atoms with Gasteiger partial charge in [-0.2, -0.15) is 0 Å². The monoisotopic (exact) mass is 484 g/mol. The predicted molar refractivity (Wildman–Crippen MR) is 125 cm³/mol. The zero-order valence-corrected chi connectivity index (χ0v) is 18.6. The van der Waals surface area contributed by atoms with Gasteiger partial charge in [-0.25, -0.2) is 0 Å². The van der Waals surface area contributed by atoms with E-state index < -0.39 is 0 Å². The summed E-state index contributed by atoms with van der Waals surface area (Å²) in [5.41, 5.74) is 5.24. The summed E-state index contributed by atoms with van der Waals surface area (Å²) in [6.45, 7) is 0. The van der Waals surface area contributed by atoms with E-state index in [9.17, 15) is 0 Å². The summed E-state index contributed by atoms with van der Waals surface area (Å²) in [4.78, 5) is 0. The minimum Gasteiger partial charge on any atom is -0.0842 e. The van der Waals surface area contributed by atoms with Gasteiger partial charge >= 0.3 is 0 Å². The van der Waals surface area contributed by atoms with E-state index in [1.165, 1.54) is 0 Å². The number of rotatable bonds is 2. The van der Waals surface area contributed by atoms with Gasteiger partial charge in [0.1, 0.15) is 0 Å². The molecule has 140 valence electrons. The molecule has 0 fully saturated rings. The van der Waals surface area contributed by atoms with E-state index in [4.69, 9.17) is 69.6 Å². The molecule has 0 unspecified atom stereocenters. The molecule has 0 saturated carbocycles. The third kappa shape index (κ3) is 3.71. The van der Waals surface area contributed by atoms with E-state index in [1.54, 1.807) is 24.3 Å². The second kappa shape index (κ2) is 7.95. The largest absolute Gasteiger partial charge is 0.0842 e. The molecule has 4 rings (SSSR count). The molecule has 0 nitrogen and oxygen atoms in total. The lowest BCUT2D eigenvalue weighted by atomic mass is 9.95. The molecule has 6 heteroatoms. The van der Waals surface area contributed by atoms with Crippen LogP contribution in [0.5, 0.6) is 0 Å². The van der Waals surface area contributed by atoms with Crippen LogP contribution in [0.2, 0.25) is 30.1 Å². The molecule has 0 amide bonds. The Morgan fingerprint density at radius 2 is 1.18 bits per heavy atom. The van der Waals surface area contributed by atoms with Gasteiger partial charge in [-0.1, -0.05) is 93.9 Å². The Morgan fingerprint density at radius 1 is 0.643 bits per heavy atom. The van der Waals surface area contributed by atoms with Gasteiger partial charge < -0.3 is 0 Å². The molecule has 0 saturated heterocycles. The Morgan fingerprint density at radius 3 is 1.79 bits per heavy atom. The summed E-state index contributed by atoms with van der Waals surface area (Å²) in [5.74, 6) is 0. The molecule has 0 atom stereocenters. The van der Waals surface area contributed by atoms with Crippen molar-refractivity contribution < 1.29 is 0 Å². The molecular weight excluding hydrogens is 477 g/mol. The molecule has 0 heterocycles. The zero-order chi connectivity index (χ0) is 20.0. The summed E-state index contributed by atoms with van der Waals surface area (Å²) in [6, 6.07) is 14.7. The highest BCUT2D eigenvalue weighted by Crippen LogP contribution is 2.48. The van der Waals surface area contributed by atoms with Crippen LogP contribution in [0, 0.1) is 0 Å². The second-order valence-electron chi connectivity index (χ2n) is 6.23. The fourth-order valence-corrected chi connectivity index (χ4v) is 5.19. The molecule has 3 aromatic rings. The number of allylic oxidation sites excluding steroid dienone is 2. The highest BCUT2D eigenvalue weighted by Gasteiger charge is 2.24. The fourth-order valence-electron chi connectivity index (χ4n) is 3.24. The van der Waals surface area contributed by atoms with Crippen LogP contribution >= 0.6 is 69.6 Å². The van der Waals surface area contributed by atoms with Crippen LogP contribution in [0.1, 0.15) is 22.3 Å². The van der Waals surface area contributed by atoms with Crippen LogP contribution in [0.25, 0.3) is 23.3 Å². The summed E-state index contributed by atoms with van der Waals surface area (Å²) in [5, 5.41) is 2.81. The molecule has 0 aliphatic heterocycles. The Labute approximate surface area is 192 Å². The SMILES string of the molecule is Clc1cc(Cl)c(C=C2C(c3c(Cl)cc(Cl)cc3Cl)=Cc3ccccc32)c(Cl)c1. The maximum atomic E-state index is 6.50. The van der Waals surface area contributed by atoms with E-state index >= 15 is 0 Å². The van der Waals surface area contributed by atoms with E-state index in [0.29, 0.717) is 41.3 Å². The quantitative estimate of drug-likeness (QED) is 0.338. The van der Waals surface area contributed by atoms with Gasteiger partial charge in [0, 0.05) is 21.2 Å². The normalized spacial score (nSPS) is 14.4. The fraction of sp³-hybridized carbons (Fsp3) is 0. The summed E-state index contributed by atoms with van der Waals surface area (Å²) in [6.07, 6.45) is 3.97. The van der Waals surface area contributed by atoms with E-state index in [1.807, 2.05) is 36.4 Å². The predicted octanol–water partition coefficient (Wildman–Crippen LogP) is 9.70. The molecule has 0 N–H and O–H groups in total. The summed E-state index contributed by atoms with van der Waals surface area (Å²) >= 11 is 38.0. The number of fused-ring (bicyclic) bond motifs is 1. The first-order chi connectivity index (χ1) is 13.3. The number of halogens is 6. The average molecular weight is 487 g/mol. The molecule has 0 bridgehead atoms. The first kappa shape index (κ1) is 20.2. The molecule has 28 heavy (non-hydrogen) atoms. The lowest BCUT2D eigenvalue weighted by Crippen LogP contribution is -1.91. The lowest BCUT2D eigenvalue weighted by molar-refractivity contribution is 1.60. The standard InChI is InChI=1S/C22H10Cl6/c23-12-6-18(25)17(19(26)7-12)10-15-14-4-2-1-3-11(14)5-16(15)22-20(27)8-13(24)9-21(22)28/h1-10H. The van der Waals surface area contributed by atoms with Crippen molar-refractivity contribution >= 4 is 92.9 Å². The lowest BCUT2D eigenvalue weighted by Gasteiger charge is -2.13. The number of benzene rings is 3. The smallest absolute Gasteiger partial charge is 0.0514 e. The summed E-state index contributed by atoms with van der Waals surface area (Å²) in [7, 11) is 0. The Kier molecular flexibility index (Phi) is 5.73. The Hall–Kier alpha value is -1.12. The average Bonchev–Trinajstić information content (AvgIpc) is 2.95. The Balaban J connectivity index is 1.98. The van der Waals surface area contributed by atoms with Gasteiger partial charge in [0.15, 0.2) is 0 Å². The minimum atomic E-state index is 0.460. The molecular formula is C22H10Cl6. The number of hydrogen-bond acceptors (Lipinski definition) is 0. The van der Waals surface area contributed by atoms with E-state index in [-0.39, 0.29) is 0 Å². The van der Waals surface area contributed by atoms with Crippen molar-refractivity contribution in [1.29, 1.82) is 0 Å². The highest BCUT2D eigenvalue weighted by molar-refractivity contribution is 6.43. The zero-order valence-electron chi connectivity index (χ0n) is 14.0. The van der Waals surface area contributed by atoms with Crippen LogP contribution in [0.15, 0.2) is 48.5 Å². The van der Waals surface area contributed by atoms with Gasteiger partial charge in [0.05, 0.1) is 20.1 Å². The third-order valence-corrected chi connectivity index (χ3v) is 6.11. The third-order valence-electron chi connectivity index (χ3n) is 4.45. The molecule has 1 aliphatic rings. The maximum Gasteiger partial charge on any atom is 0.0514 e. The van der Waals surface area contributed by atoms with Crippen LogP contribution in [-0.4, -0.2) is 0 Å². The maximum absolute atomic E-state index is 6.50. The molecule has 0 spiro atoms. The molecule has 0 aromatic heterocycles. The van der Waals surface area contributed by atoms with Crippen molar-refractivity contribution in [1.82, 2.24) is 0 Å². The number of hydrogen-bond donors (Lipinski definition) is 0. The van der Waals surface area contributed by atoms with Gasteiger partial charge in [0.2, 0.25) is 0 Å². The first-order valence-corrected chi connectivity index (χ1v) is 10.4. The van der Waals surface area contributed by atoms with Crippen molar-refractivity contribution in [3.63, 3.8) is 0 Å². The second-order valence-corrected chi connectivity index (χ2v) is 8.73. The van der Waals surface area contributed by atoms with Gasteiger partial charge in [-0.15, -0.1) is 0 Å². The first-order valence-electron chi connectivity index (χ1n) is 8.18. The van der Waals surface area contributed by atoms with Crippen LogP contribution in [-0.2, 0) is 0 Å². The molecule has 1 aliphatic carbocycles. The van der Waals surface area contributed by atoms with Crippen LogP contribution in [0.4, 0.5) is 0 Å². The van der Waals surface area contributed by atoms with E-state index in [2.05, 4.69) is 0 Å². The van der Waals surface area contributed by atoms with Gasteiger partial charge in [-0.05, 0) is 58.7 Å². The van der Waals surface area contributed by atoms with Gasteiger partial charge in [-0.3, -0.25) is 0 Å². The molecule has 3 aromatic carbocycles. The van der Waals surface area contributed by atoms with E-state index in [0.717, 1.165) is 22.3 Å². The van der Waals surface area contributed by atoms with Gasteiger partial charge in [0.25, 0.3) is 0 Å². The topological polar surface area (TPSA) is 0 Å². The summed E-state index contributed by atoms with van der Waals surface area (Å²) < 4.78 is 0. The van der Waals surface area contributed by atoms with Crippen molar-refractivity contribution in [3.8, 4) is 0 Å². The van der Waals surface area contributed by atoms with Crippen molar-refractivity contribution in [2.45, 2.75) is 0 Å².